The van der Waals surface area contributed by atoms with Crippen LogP contribution in [0.3, 0.4) is 0 Å². The summed E-state index contributed by atoms with van der Waals surface area (Å²) in [4.78, 5) is 37.3. The number of carbonyl (C=O) groups is 2. The molecule has 2 aliphatic rings. The number of thiophene rings is 1. The Morgan fingerprint density at radius 3 is 2.60 bits per heavy atom. The van der Waals surface area contributed by atoms with E-state index in [1.54, 1.807) is 6.07 Å². The highest BCUT2D eigenvalue weighted by Crippen LogP contribution is 2.42. The summed E-state index contributed by atoms with van der Waals surface area (Å²) in [5, 5.41) is 12.1. The van der Waals surface area contributed by atoms with Crippen molar-refractivity contribution >= 4 is 38.2 Å². The Morgan fingerprint density at radius 1 is 1.23 bits per heavy atom. The maximum absolute atomic E-state index is 13.0. The van der Waals surface area contributed by atoms with Gasteiger partial charge in [0.25, 0.3) is 11.8 Å². The van der Waals surface area contributed by atoms with Crippen molar-refractivity contribution in [2.45, 2.75) is 6.04 Å². The highest BCUT2D eigenvalue weighted by atomic mass is 32.2. The average molecular weight is 453 g/mol. The standard InChI is InChI=1S/C17H15N3O8S2/c1-18(2)30(25,26)7-11(9-3-4-12-13(5-9)28-8-27-12)19-15(21)10-6-29-17(20(23)24)14(10)16(19)22/h3-6,11H,7-8H2,1-2H3. The van der Waals surface area contributed by atoms with Crippen LogP contribution in [0.4, 0.5) is 5.00 Å². The van der Waals surface area contributed by atoms with Gasteiger partial charge in [-0.3, -0.25) is 24.6 Å². The first-order valence-electron chi connectivity index (χ1n) is 8.55. The average Bonchev–Trinajstić information content (AvgIpc) is 3.37. The molecule has 4 rings (SSSR count). The first-order chi connectivity index (χ1) is 14.1. The molecule has 0 aliphatic carbocycles. The number of imide groups is 1. The summed E-state index contributed by atoms with van der Waals surface area (Å²) in [5.74, 6) is -1.49. The van der Waals surface area contributed by atoms with Crippen molar-refractivity contribution in [2.75, 3.05) is 26.6 Å². The molecule has 2 aromatic rings. The topological polar surface area (TPSA) is 136 Å². The van der Waals surface area contributed by atoms with E-state index in [0.29, 0.717) is 28.4 Å². The summed E-state index contributed by atoms with van der Waals surface area (Å²) in [6.07, 6.45) is 0. The number of carbonyl (C=O) groups excluding carboxylic acids is 2. The summed E-state index contributed by atoms with van der Waals surface area (Å²) in [6, 6.07) is 3.36. The van der Waals surface area contributed by atoms with Crippen molar-refractivity contribution in [2.24, 2.45) is 0 Å². The Labute approximate surface area is 174 Å². The number of rotatable bonds is 6. The van der Waals surface area contributed by atoms with Crippen LogP contribution in [0.15, 0.2) is 23.6 Å². The van der Waals surface area contributed by atoms with E-state index in [-0.39, 0.29) is 17.9 Å². The molecule has 1 aromatic heterocycles. The van der Waals surface area contributed by atoms with Crippen molar-refractivity contribution in [3.05, 3.63) is 50.4 Å². The van der Waals surface area contributed by atoms with E-state index in [1.165, 1.54) is 31.6 Å². The monoisotopic (exact) mass is 453 g/mol. The Bertz CT molecular complexity index is 1190. The molecule has 13 heteroatoms. The van der Waals surface area contributed by atoms with Crippen LogP contribution in [0.25, 0.3) is 0 Å². The summed E-state index contributed by atoms with van der Waals surface area (Å²) in [6.45, 7) is -0.00971. The molecular formula is C17H15N3O8S2. The van der Waals surface area contributed by atoms with Crippen molar-refractivity contribution < 1.29 is 32.4 Å². The summed E-state index contributed by atoms with van der Waals surface area (Å²) >= 11 is 0.681. The minimum atomic E-state index is -3.86. The fourth-order valence-electron chi connectivity index (χ4n) is 3.26. The zero-order valence-corrected chi connectivity index (χ0v) is 17.4. The lowest BCUT2D eigenvalue weighted by atomic mass is 10.1. The molecule has 0 saturated carbocycles. The third-order valence-electron chi connectivity index (χ3n) is 4.84. The number of sulfonamides is 1. The van der Waals surface area contributed by atoms with E-state index in [9.17, 15) is 28.1 Å². The number of fused-ring (bicyclic) bond motifs is 2. The molecule has 2 amide bonds. The van der Waals surface area contributed by atoms with Crippen LogP contribution in [0.2, 0.25) is 0 Å². The molecular weight excluding hydrogens is 438 g/mol. The maximum atomic E-state index is 13.0. The largest absolute Gasteiger partial charge is 0.454 e. The van der Waals surface area contributed by atoms with E-state index < -0.39 is 43.6 Å². The van der Waals surface area contributed by atoms with Crippen molar-refractivity contribution in [3.8, 4) is 11.5 Å². The molecule has 3 heterocycles. The second-order valence-electron chi connectivity index (χ2n) is 6.76. The number of nitro groups is 1. The quantitative estimate of drug-likeness (QED) is 0.366. The van der Waals surface area contributed by atoms with Crippen LogP contribution in [-0.2, 0) is 10.0 Å². The predicted molar refractivity (Wildman–Crippen MR) is 104 cm³/mol. The normalized spacial score (nSPS) is 16.3. The second-order valence-corrected chi connectivity index (χ2v) is 9.84. The van der Waals surface area contributed by atoms with Crippen molar-refractivity contribution in [3.63, 3.8) is 0 Å². The first-order valence-corrected chi connectivity index (χ1v) is 11.0. The van der Waals surface area contributed by atoms with Crippen LogP contribution >= 0.6 is 11.3 Å². The van der Waals surface area contributed by atoms with Crippen LogP contribution in [0, 0.1) is 10.1 Å². The lowest BCUT2D eigenvalue weighted by molar-refractivity contribution is -0.380. The van der Waals surface area contributed by atoms with Gasteiger partial charge in [-0.15, -0.1) is 0 Å². The van der Waals surface area contributed by atoms with Gasteiger partial charge in [0.05, 0.1) is 22.3 Å². The Balaban J connectivity index is 1.81. The number of nitrogens with zero attached hydrogens (tertiary/aromatic N) is 3. The third kappa shape index (κ3) is 3.11. The van der Waals surface area contributed by atoms with Gasteiger partial charge in [0.1, 0.15) is 5.56 Å². The molecule has 0 N–H and O–H groups in total. The Kier molecular flexibility index (Phi) is 4.75. The molecule has 2 aliphatic heterocycles. The van der Waals surface area contributed by atoms with Crippen molar-refractivity contribution in [1.82, 2.24) is 9.21 Å². The lowest BCUT2D eigenvalue weighted by Gasteiger charge is -2.27. The highest BCUT2D eigenvalue weighted by Gasteiger charge is 2.47. The Hall–Kier alpha value is -3.03. The molecule has 11 nitrogen and oxygen atoms in total. The van der Waals surface area contributed by atoms with Gasteiger partial charge in [0.15, 0.2) is 11.5 Å². The minimum Gasteiger partial charge on any atom is -0.454 e. The number of hydrogen-bond acceptors (Lipinski definition) is 9. The third-order valence-corrected chi connectivity index (χ3v) is 7.62. The maximum Gasteiger partial charge on any atom is 0.337 e. The lowest BCUT2D eigenvalue weighted by Crippen LogP contribution is -2.40. The van der Waals surface area contributed by atoms with E-state index >= 15 is 0 Å². The van der Waals surface area contributed by atoms with E-state index in [2.05, 4.69) is 0 Å². The molecule has 1 atom stereocenters. The van der Waals surface area contributed by atoms with Gasteiger partial charge in [-0.2, -0.15) is 0 Å². The number of benzene rings is 1. The van der Waals surface area contributed by atoms with Gasteiger partial charge in [-0.25, -0.2) is 12.7 Å². The van der Waals surface area contributed by atoms with Gasteiger partial charge in [-0.05, 0) is 17.7 Å². The van der Waals surface area contributed by atoms with Crippen molar-refractivity contribution in [1.29, 1.82) is 0 Å². The predicted octanol–water partition coefficient (Wildman–Crippen LogP) is 1.61. The van der Waals surface area contributed by atoms with Gasteiger partial charge in [0, 0.05) is 19.5 Å². The highest BCUT2D eigenvalue weighted by molar-refractivity contribution is 7.89. The van der Waals surface area contributed by atoms with Crippen LogP contribution in [0.1, 0.15) is 32.3 Å². The molecule has 158 valence electrons. The number of amides is 2. The van der Waals surface area contributed by atoms with Gasteiger partial charge in [0.2, 0.25) is 16.8 Å². The molecule has 1 unspecified atom stereocenters. The molecule has 0 radical (unpaired) electrons. The summed E-state index contributed by atoms with van der Waals surface area (Å²) in [5.41, 5.74) is -0.101. The van der Waals surface area contributed by atoms with E-state index in [4.69, 9.17) is 9.47 Å². The molecule has 0 spiro atoms. The summed E-state index contributed by atoms with van der Waals surface area (Å²) < 4.78 is 36.8. The number of ether oxygens (including phenoxy) is 2. The molecule has 0 saturated heterocycles. The van der Waals surface area contributed by atoms with Crippen LogP contribution < -0.4 is 9.47 Å². The van der Waals surface area contributed by atoms with Gasteiger partial charge < -0.3 is 9.47 Å². The molecule has 0 bridgehead atoms. The zero-order valence-electron chi connectivity index (χ0n) is 15.7. The fraction of sp³-hybridized carbons (Fsp3) is 0.294. The molecule has 1 aromatic carbocycles. The fourth-order valence-corrected chi connectivity index (χ4v) is 5.15. The summed E-state index contributed by atoms with van der Waals surface area (Å²) in [7, 11) is -1.19. The SMILES string of the molecule is CN(C)S(=O)(=O)CC(c1ccc2c(c1)OCO2)N1C(=O)c2csc([N+](=O)[O-])c2C1=O. The minimum absolute atomic E-state index is 0.00971. The smallest absolute Gasteiger partial charge is 0.337 e. The van der Waals surface area contributed by atoms with Gasteiger partial charge in [-0.1, -0.05) is 17.4 Å². The second kappa shape index (κ2) is 7.04. The van der Waals surface area contributed by atoms with E-state index in [1.807, 2.05) is 0 Å². The van der Waals surface area contributed by atoms with E-state index in [0.717, 1.165) is 9.21 Å². The zero-order chi connectivity index (χ0) is 21.8. The van der Waals surface area contributed by atoms with Gasteiger partial charge >= 0.3 is 5.00 Å². The molecule has 30 heavy (non-hydrogen) atoms. The molecule has 0 fully saturated rings. The number of hydrogen-bond donors (Lipinski definition) is 0. The van der Waals surface area contributed by atoms with Crippen LogP contribution in [-0.4, -0.2) is 61.0 Å². The van der Waals surface area contributed by atoms with Crippen LogP contribution in [0.5, 0.6) is 11.5 Å². The first kappa shape index (κ1) is 20.3. The Morgan fingerprint density at radius 2 is 1.93 bits per heavy atom.